The minimum absolute atomic E-state index is 0.120. The number of H-pyrrole nitrogens is 1. The van der Waals surface area contributed by atoms with Crippen molar-refractivity contribution in [1.82, 2.24) is 4.98 Å². The Labute approximate surface area is 103 Å². The van der Waals surface area contributed by atoms with Crippen LogP contribution in [0.5, 0.6) is 5.75 Å². The van der Waals surface area contributed by atoms with Crippen LogP contribution in [-0.4, -0.2) is 4.98 Å². The van der Waals surface area contributed by atoms with Gasteiger partial charge in [-0.05, 0) is 17.2 Å². The zero-order valence-electron chi connectivity index (χ0n) is 9.46. The van der Waals surface area contributed by atoms with E-state index in [0.29, 0.717) is 10.9 Å². The van der Waals surface area contributed by atoms with Crippen LogP contribution in [0.2, 0.25) is 0 Å². The third-order valence-corrected chi connectivity index (χ3v) is 2.82. The number of nitrogens with one attached hydrogen (secondary N) is 1. The lowest BCUT2D eigenvalue weighted by Gasteiger charge is -2.11. The van der Waals surface area contributed by atoms with E-state index in [1.165, 1.54) is 4.57 Å². The van der Waals surface area contributed by atoms with Gasteiger partial charge < -0.3 is 10.1 Å². The number of fused-ring (bicyclic) bond motifs is 1. The Morgan fingerprint density at radius 1 is 1.00 bits per heavy atom. The Balaban J connectivity index is 2.41. The third kappa shape index (κ3) is 1.55. The molecule has 0 aliphatic carbocycles. The van der Waals surface area contributed by atoms with Crippen molar-refractivity contribution in [2.45, 2.75) is 0 Å². The number of para-hydroxylation sites is 1. The molecule has 0 spiro atoms. The zero-order valence-corrected chi connectivity index (χ0v) is 9.46. The summed E-state index contributed by atoms with van der Waals surface area (Å²) in [6.07, 6.45) is 3.36. The Kier molecular flexibility index (Phi) is 2.34. The van der Waals surface area contributed by atoms with Gasteiger partial charge in [0.2, 0.25) is 0 Å². The van der Waals surface area contributed by atoms with Crippen LogP contribution in [0.4, 0.5) is 0 Å². The normalized spacial score (nSPS) is 10.7. The molecule has 0 aliphatic heterocycles. The predicted molar refractivity (Wildman–Crippen MR) is 65.5 cm³/mol. The summed E-state index contributed by atoms with van der Waals surface area (Å²) in [5.41, 5.74) is 0.303. The molecule has 1 N–H and O–H groups in total. The van der Waals surface area contributed by atoms with Crippen LogP contribution in [0, 0.1) is 0 Å². The summed E-state index contributed by atoms with van der Waals surface area (Å²) < 4.78 is 1.54. The van der Waals surface area contributed by atoms with Crippen molar-refractivity contribution in [3.05, 3.63) is 65.2 Å². The van der Waals surface area contributed by atoms with Crippen molar-refractivity contribution in [2.75, 3.05) is 0 Å². The van der Waals surface area contributed by atoms with Gasteiger partial charge in [-0.1, -0.05) is 24.3 Å². The Hall–Kier alpha value is -2.62. The Morgan fingerprint density at radius 2 is 1.72 bits per heavy atom. The van der Waals surface area contributed by atoms with Crippen LogP contribution in [0.15, 0.2) is 59.7 Å². The fourth-order valence-corrected chi connectivity index (χ4v) is 1.98. The number of aromatic amines is 1. The molecule has 0 radical (unpaired) electrons. The van der Waals surface area contributed by atoms with Gasteiger partial charge in [-0.2, -0.15) is 4.57 Å². The van der Waals surface area contributed by atoms with E-state index < -0.39 is 0 Å². The van der Waals surface area contributed by atoms with E-state index in [0.717, 1.165) is 0 Å². The highest BCUT2D eigenvalue weighted by Gasteiger charge is 2.14. The monoisotopic (exact) mass is 238 g/mol. The zero-order chi connectivity index (χ0) is 12.5. The van der Waals surface area contributed by atoms with Crippen molar-refractivity contribution >= 4 is 10.9 Å². The topological polar surface area (TPSA) is 59.8 Å². The highest BCUT2D eigenvalue weighted by Crippen LogP contribution is 2.21. The largest absolute Gasteiger partial charge is 0.867 e. The van der Waals surface area contributed by atoms with Crippen molar-refractivity contribution in [3.8, 4) is 11.4 Å². The number of nitrogens with zero attached hydrogens (tertiary/aromatic N) is 1. The average Bonchev–Trinajstić information content (AvgIpc) is 2.40. The first-order valence-electron chi connectivity index (χ1n) is 5.56. The highest BCUT2D eigenvalue weighted by molar-refractivity contribution is 5.86. The van der Waals surface area contributed by atoms with Crippen molar-refractivity contribution < 1.29 is 9.67 Å². The maximum atomic E-state index is 12.3. The number of benzene rings is 1. The van der Waals surface area contributed by atoms with E-state index in [9.17, 15) is 9.90 Å². The lowest BCUT2D eigenvalue weighted by Crippen LogP contribution is -2.37. The summed E-state index contributed by atoms with van der Waals surface area (Å²) in [5.74, 6) is -0.259. The van der Waals surface area contributed by atoms with E-state index in [1.807, 2.05) is 6.07 Å². The second-order valence-corrected chi connectivity index (χ2v) is 3.96. The smallest absolute Gasteiger partial charge is 0.320 e. The molecule has 0 saturated heterocycles. The third-order valence-electron chi connectivity index (χ3n) is 2.82. The molecular weight excluding hydrogens is 228 g/mol. The molecule has 0 bridgehead atoms. The van der Waals surface area contributed by atoms with E-state index in [-0.39, 0.29) is 17.0 Å². The molecule has 1 aromatic carbocycles. The summed E-state index contributed by atoms with van der Waals surface area (Å²) in [4.78, 5) is 14.7. The summed E-state index contributed by atoms with van der Waals surface area (Å²) in [6.45, 7) is 0. The van der Waals surface area contributed by atoms with Crippen LogP contribution < -0.4 is 15.2 Å². The van der Waals surface area contributed by atoms with E-state index in [2.05, 4.69) is 4.98 Å². The molecule has 3 aromatic rings. The predicted octanol–water partition coefficient (Wildman–Crippen LogP) is 0.878. The van der Waals surface area contributed by atoms with Gasteiger partial charge in [0, 0.05) is 17.6 Å². The molecule has 4 heteroatoms. The van der Waals surface area contributed by atoms with E-state index in [1.54, 1.807) is 48.8 Å². The molecule has 0 amide bonds. The quantitative estimate of drug-likeness (QED) is 0.640. The van der Waals surface area contributed by atoms with Crippen LogP contribution >= 0.6 is 0 Å². The fourth-order valence-electron chi connectivity index (χ4n) is 1.98. The van der Waals surface area contributed by atoms with Gasteiger partial charge in [0.05, 0.1) is 0 Å². The number of rotatable bonds is 1. The average molecular weight is 238 g/mol. The van der Waals surface area contributed by atoms with Crippen molar-refractivity contribution in [1.29, 1.82) is 0 Å². The van der Waals surface area contributed by atoms with Gasteiger partial charge in [-0.3, -0.25) is 4.79 Å². The van der Waals surface area contributed by atoms with Gasteiger partial charge in [0.15, 0.2) is 12.4 Å². The number of aromatic nitrogens is 2. The van der Waals surface area contributed by atoms with Gasteiger partial charge in [0.1, 0.15) is 0 Å². The second-order valence-electron chi connectivity index (χ2n) is 3.96. The number of hydrogen-bond donors (Lipinski definition) is 1. The second kappa shape index (κ2) is 4.00. The maximum Gasteiger partial charge on any atom is 0.320 e. The molecule has 0 aliphatic rings. The molecule has 3 rings (SSSR count). The highest BCUT2D eigenvalue weighted by atomic mass is 16.3. The number of pyridine rings is 2. The molecule has 18 heavy (non-hydrogen) atoms. The molecular formula is C14H10N2O2. The van der Waals surface area contributed by atoms with Crippen LogP contribution in [0.25, 0.3) is 16.6 Å². The van der Waals surface area contributed by atoms with Crippen molar-refractivity contribution in [2.24, 2.45) is 0 Å². The molecule has 0 saturated carbocycles. The Bertz CT molecular complexity index is 764. The summed E-state index contributed by atoms with van der Waals surface area (Å²) in [5, 5.41) is 12.8. The van der Waals surface area contributed by atoms with Crippen LogP contribution in [0.1, 0.15) is 0 Å². The molecule has 0 atom stereocenters. The van der Waals surface area contributed by atoms with Gasteiger partial charge in [-0.25, -0.2) is 0 Å². The lowest BCUT2D eigenvalue weighted by atomic mass is 10.2. The SMILES string of the molecule is O=c1[nH]c2ccccc2c([O-])c1-[n+]1ccccc1. The standard InChI is InChI=1S/C14H10N2O2/c17-13-10-6-2-3-7-11(10)15-14(18)12(13)16-8-4-1-5-9-16/h1-9H,(H-,15,17,18). The van der Waals surface area contributed by atoms with Gasteiger partial charge >= 0.3 is 5.56 Å². The summed E-state index contributed by atoms with van der Waals surface area (Å²) in [7, 11) is 0. The maximum absolute atomic E-state index is 12.3. The summed E-state index contributed by atoms with van der Waals surface area (Å²) >= 11 is 0. The van der Waals surface area contributed by atoms with E-state index >= 15 is 0 Å². The first-order chi connectivity index (χ1) is 8.77. The molecule has 88 valence electrons. The fraction of sp³-hybridized carbons (Fsp3) is 0. The minimum Gasteiger partial charge on any atom is -0.867 e. The van der Waals surface area contributed by atoms with E-state index in [4.69, 9.17) is 0 Å². The number of hydrogen-bond acceptors (Lipinski definition) is 2. The Morgan fingerprint density at radius 3 is 2.50 bits per heavy atom. The minimum atomic E-state index is -0.380. The van der Waals surface area contributed by atoms with Gasteiger partial charge in [0.25, 0.3) is 5.69 Å². The molecule has 4 nitrogen and oxygen atoms in total. The first kappa shape index (κ1) is 10.5. The molecule has 0 unspecified atom stereocenters. The molecule has 0 fully saturated rings. The summed E-state index contributed by atoms with van der Waals surface area (Å²) in [6, 6.07) is 12.4. The van der Waals surface area contributed by atoms with Gasteiger partial charge in [-0.15, -0.1) is 0 Å². The lowest BCUT2D eigenvalue weighted by molar-refractivity contribution is -0.600. The molecule has 2 heterocycles. The molecule has 2 aromatic heterocycles. The first-order valence-corrected chi connectivity index (χ1v) is 5.56. The van der Waals surface area contributed by atoms with Crippen molar-refractivity contribution in [3.63, 3.8) is 0 Å². The van der Waals surface area contributed by atoms with Crippen LogP contribution in [0.3, 0.4) is 0 Å². The van der Waals surface area contributed by atoms with Crippen LogP contribution in [-0.2, 0) is 0 Å².